The summed E-state index contributed by atoms with van der Waals surface area (Å²) >= 11 is 3.37. The van der Waals surface area contributed by atoms with E-state index in [1.807, 2.05) is 18.9 Å². The summed E-state index contributed by atoms with van der Waals surface area (Å²) in [5.74, 6) is 1.21. The fourth-order valence-corrected chi connectivity index (χ4v) is 1.67. The first kappa shape index (κ1) is 12.2. The van der Waals surface area contributed by atoms with Gasteiger partial charge in [-0.2, -0.15) is 0 Å². The van der Waals surface area contributed by atoms with E-state index in [1.54, 1.807) is 7.11 Å². The highest BCUT2D eigenvalue weighted by Gasteiger charge is 2.15. The highest BCUT2D eigenvalue weighted by Crippen LogP contribution is 2.27. The SMILES string of the molecule is COCC(C)N(C)c1ncnc(N)c1Br. The maximum absolute atomic E-state index is 5.68. The number of anilines is 2. The van der Waals surface area contributed by atoms with Gasteiger partial charge in [-0.1, -0.05) is 0 Å². The maximum Gasteiger partial charge on any atom is 0.148 e. The smallest absolute Gasteiger partial charge is 0.148 e. The number of nitrogen functional groups attached to an aromatic ring is 1. The van der Waals surface area contributed by atoms with E-state index in [-0.39, 0.29) is 6.04 Å². The lowest BCUT2D eigenvalue weighted by Crippen LogP contribution is -2.33. The van der Waals surface area contributed by atoms with Crippen molar-refractivity contribution in [3.05, 3.63) is 10.8 Å². The second-order valence-electron chi connectivity index (χ2n) is 3.31. The van der Waals surface area contributed by atoms with Gasteiger partial charge in [-0.15, -0.1) is 0 Å². The molecule has 0 aliphatic carbocycles. The van der Waals surface area contributed by atoms with Crippen LogP contribution in [0.1, 0.15) is 6.92 Å². The van der Waals surface area contributed by atoms with Gasteiger partial charge in [0.2, 0.25) is 0 Å². The topological polar surface area (TPSA) is 64.3 Å². The Bertz CT molecular complexity index is 334. The maximum atomic E-state index is 5.68. The Balaban J connectivity index is 2.90. The van der Waals surface area contributed by atoms with Gasteiger partial charge in [-0.3, -0.25) is 0 Å². The molecule has 1 aromatic rings. The van der Waals surface area contributed by atoms with Gasteiger partial charge in [0, 0.05) is 14.2 Å². The molecule has 1 aromatic heterocycles. The van der Waals surface area contributed by atoms with Crippen molar-refractivity contribution >= 4 is 27.6 Å². The van der Waals surface area contributed by atoms with Crippen molar-refractivity contribution in [1.82, 2.24) is 9.97 Å². The molecule has 15 heavy (non-hydrogen) atoms. The minimum atomic E-state index is 0.223. The van der Waals surface area contributed by atoms with Crippen molar-refractivity contribution in [2.24, 2.45) is 0 Å². The molecule has 1 rings (SSSR count). The minimum Gasteiger partial charge on any atom is -0.383 e. The van der Waals surface area contributed by atoms with Gasteiger partial charge in [0.25, 0.3) is 0 Å². The number of rotatable bonds is 4. The molecule has 84 valence electrons. The molecule has 6 heteroatoms. The monoisotopic (exact) mass is 274 g/mol. The number of nitrogens with zero attached hydrogens (tertiary/aromatic N) is 3. The van der Waals surface area contributed by atoms with E-state index in [1.165, 1.54) is 6.33 Å². The van der Waals surface area contributed by atoms with Crippen LogP contribution in [-0.4, -0.2) is 36.8 Å². The second kappa shape index (κ2) is 5.27. The average molecular weight is 275 g/mol. The van der Waals surface area contributed by atoms with E-state index in [0.29, 0.717) is 12.4 Å². The Morgan fingerprint density at radius 3 is 2.87 bits per heavy atom. The molecular formula is C9H15BrN4O. The van der Waals surface area contributed by atoms with Crippen molar-refractivity contribution in [3.63, 3.8) is 0 Å². The first-order valence-corrected chi connectivity index (χ1v) is 5.35. The Morgan fingerprint density at radius 2 is 2.27 bits per heavy atom. The molecule has 0 saturated heterocycles. The average Bonchev–Trinajstić information content (AvgIpc) is 2.21. The molecule has 0 spiro atoms. The van der Waals surface area contributed by atoms with Gasteiger partial charge in [-0.05, 0) is 22.9 Å². The predicted octanol–water partition coefficient (Wildman–Crippen LogP) is 1.29. The van der Waals surface area contributed by atoms with Crippen molar-refractivity contribution in [3.8, 4) is 0 Å². The minimum absolute atomic E-state index is 0.223. The highest BCUT2D eigenvalue weighted by molar-refractivity contribution is 9.10. The van der Waals surface area contributed by atoms with Crippen LogP contribution in [-0.2, 0) is 4.74 Å². The molecule has 0 fully saturated rings. The van der Waals surface area contributed by atoms with Crippen LogP contribution in [0.3, 0.4) is 0 Å². The van der Waals surface area contributed by atoms with Crippen molar-refractivity contribution in [1.29, 1.82) is 0 Å². The fourth-order valence-electron chi connectivity index (χ4n) is 1.18. The number of nitrogens with two attached hydrogens (primary N) is 1. The molecule has 0 amide bonds. The Kier molecular flexibility index (Phi) is 4.28. The fraction of sp³-hybridized carbons (Fsp3) is 0.556. The number of methoxy groups -OCH3 is 1. The summed E-state index contributed by atoms with van der Waals surface area (Å²) in [7, 11) is 3.62. The molecule has 0 aromatic carbocycles. The van der Waals surface area contributed by atoms with Gasteiger partial charge >= 0.3 is 0 Å². The molecule has 1 heterocycles. The number of halogens is 1. The van der Waals surface area contributed by atoms with Crippen LogP contribution >= 0.6 is 15.9 Å². The first-order chi connectivity index (χ1) is 7.07. The van der Waals surface area contributed by atoms with E-state index in [4.69, 9.17) is 10.5 Å². The van der Waals surface area contributed by atoms with Crippen LogP contribution in [0.5, 0.6) is 0 Å². The first-order valence-electron chi connectivity index (χ1n) is 4.55. The van der Waals surface area contributed by atoms with Gasteiger partial charge in [0.15, 0.2) is 0 Å². The normalized spacial score (nSPS) is 12.5. The van der Waals surface area contributed by atoms with E-state index < -0.39 is 0 Å². The third-order valence-corrected chi connectivity index (χ3v) is 2.96. The van der Waals surface area contributed by atoms with E-state index in [0.717, 1.165) is 10.3 Å². The predicted molar refractivity (Wildman–Crippen MR) is 63.9 cm³/mol. The van der Waals surface area contributed by atoms with Crippen LogP contribution < -0.4 is 10.6 Å². The van der Waals surface area contributed by atoms with Crippen molar-refractivity contribution < 1.29 is 4.74 Å². The van der Waals surface area contributed by atoms with Gasteiger partial charge < -0.3 is 15.4 Å². The van der Waals surface area contributed by atoms with Gasteiger partial charge in [0.05, 0.1) is 12.6 Å². The quantitative estimate of drug-likeness (QED) is 0.897. The third-order valence-electron chi connectivity index (χ3n) is 2.20. The summed E-state index contributed by atoms with van der Waals surface area (Å²) in [6.45, 7) is 2.68. The molecule has 0 bridgehead atoms. The van der Waals surface area contributed by atoms with Gasteiger partial charge in [-0.25, -0.2) is 9.97 Å². The number of likely N-dealkylation sites (N-methyl/N-ethyl adjacent to an activating group) is 1. The van der Waals surface area contributed by atoms with E-state index in [9.17, 15) is 0 Å². The molecule has 0 radical (unpaired) electrons. The van der Waals surface area contributed by atoms with Crippen LogP contribution in [0.4, 0.5) is 11.6 Å². The van der Waals surface area contributed by atoms with Crippen molar-refractivity contribution in [2.45, 2.75) is 13.0 Å². The molecule has 5 nitrogen and oxygen atoms in total. The van der Waals surface area contributed by atoms with E-state index >= 15 is 0 Å². The lowest BCUT2D eigenvalue weighted by atomic mass is 10.3. The number of hydrogen-bond donors (Lipinski definition) is 1. The van der Waals surface area contributed by atoms with Crippen LogP contribution in [0, 0.1) is 0 Å². The molecule has 1 atom stereocenters. The summed E-state index contributed by atoms with van der Waals surface area (Å²) in [5, 5.41) is 0. The van der Waals surface area contributed by atoms with Gasteiger partial charge in [0.1, 0.15) is 22.4 Å². The Hall–Kier alpha value is -0.880. The molecule has 0 aliphatic heterocycles. The molecule has 0 aliphatic rings. The largest absolute Gasteiger partial charge is 0.383 e. The van der Waals surface area contributed by atoms with Crippen LogP contribution in [0.2, 0.25) is 0 Å². The summed E-state index contributed by atoms with van der Waals surface area (Å²) < 4.78 is 5.80. The van der Waals surface area contributed by atoms with Crippen molar-refractivity contribution in [2.75, 3.05) is 31.4 Å². The third kappa shape index (κ3) is 2.79. The summed E-state index contributed by atoms with van der Waals surface area (Å²) in [4.78, 5) is 10.1. The highest BCUT2D eigenvalue weighted by atomic mass is 79.9. The Morgan fingerprint density at radius 1 is 1.60 bits per heavy atom. The molecule has 0 saturated carbocycles. The molecule has 1 unspecified atom stereocenters. The second-order valence-corrected chi connectivity index (χ2v) is 4.10. The molecule has 2 N–H and O–H groups in total. The summed E-state index contributed by atoms with van der Waals surface area (Å²) in [6, 6.07) is 0.223. The zero-order valence-corrected chi connectivity index (χ0v) is 10.7. The van der Waals surface area contributed by atoms with Crippen LogP contribution in [0.15, 0.2) is 10.8 Å². The summed E-state index contributed by atoms with van der Waals surface area (Å²) in [5.41, 5.74) is 5.68. The van der Waals surface area contributed by atoms with E-state index in [2.05, 4.69) is 25.9 Å². The molecular weight excluding hydrogens is 260 g/mol. The zero-order chi connectivity index (χ0) is 11.4. The standard InChI is InChI=1S/C9H15BrN4O/c1-6(4-15-3)14(2)9-7(10)8(11)12-5-13-9/h5-6H,4H2,1-3H3,(H2,11,12,13). The number of aromatic nitrogens is 2. The lowest BCUT2D eigenvalue weighted by Gasteiger charge is -2.26. The Labute approximate surface area is 97.8 Å². The zero-order valence-electron chi connectivity index (χ0n) is 9.07. The summed E-state index contributed by atoms with van der Waals surface area (Å²) in [6.07, 6.45) is 1.45. The number of hydrogen-bond acceptors (Lipinski definition) is 5. The van der Waals surface area contributed by atoms with Crippen LogP contribution in [0.25, 0.3) is 0 Å². The lowest BCUT2D eigenvalue weighted by molar-refractivity contribution is 0.183. The number of ether oxygens (including phenoxy) is 1.